The lowest BCUT2D eigenvalue weighted by Crippen LogP contribution is -2.25. The minimum absolute atomic E-state index is 0.346. The summed E-state index contributed by atoms with van der Waals surface area (Å²) in [4.78, 5) is 0. The summed E-state index contributed by atoms with van der Waals surface area (Å²) in [6, 6.07) is 0. The van der Waals surface area contributed by atoms with Gasteiger partial charge in [-0.2, -0.15) is 0 Å². The first kappa shape index (κ1) is 9.61. The zero-order valence-corrected chi connectivity index (χ0v) is 5.01. The van der Waals surface area contributed by atoms with E-state index in [0.29, 0.717) is 6.92 Å². The Bertz CT molecular complexity index is 87.2. The number of ether oxygens (including phenoxy) is 1. The van der Waals surface area contributed by atoms with E-state index in [4.69, 9.17) is 0 Å². The van der Waals surface area contributed by atoms with Crippen LogP contribution in [0.4, 0.5) is 22.0 Å². The van der Waals surface area contributed by atoms with Crippen LogP contribution in [0.3, 0.4) is 0 Å². The lowest BCUT2D eigenvalue weighted by atomic mass is 10.4. The fourth-order valence-electron chi connectivity index (χ4n) is 0.209. The summed E-state index contributed by atoms with van der Waals surface area (Å²) in [6.07, 6.45) is -4.97. The summed E-state index contributed by atoms with van der Waals surface area (Å²) < 4.78 is 59.2. The highest BCUT2D eigenvalue weighted by molar-refractivity contribution is 4.54. The van der Waals surface area contributed by atoms with Gasteiger partial charge in [-0.25, -0.2) is 8.78 Å². The molecule has 0 unspecified atom stereocenters. The molecule has 0 atom stereocenters. The smallest absolute Gasteiger partial charge is 0.286 e. The Hall–Kier alpha value is -0.390. The minimum Gasteiger partial charge on any atom is -0.286 e. The molecule has 10 heavy (non-hydrogen) atoms. The Kier molecular flexibility index (Phi) is 2.59. The highest BCUT2D eigenvalue weighted by atomic mass is 19.4. The molecule has 0 saturated heterocycles. The van der Waals surface area contributed by atoms with E-state index in [1.165, 1.54) is 0 Å². The van der Waals surface area contributed by atoms with Gasteiger partial charge in [0.25, 0.3) is 5.92 Å². The summed E-state index contributed by atoms with van der Waals surface area (Å²) in [5.41, 5.74) is 0. The predicted octanol–water partition coefficient (Wildman–Crippen LogP) is 2.18. The monoisotopic (exact) mass is 164 g/mol. The van der Waals surface area contributed by atoms with E-state index in [1.807, 2.05) is 0 Å². The quantitative estimate of drug-likeness (QED) is 0.568. The number of hydrogen-bond acceptors (Lipinski definition) is 1. The Balaban J connectivity index is 3.56. The third-order valence-electron chi connectivity index (χ3n) is 0.489. The summed E-state index contributed by atoms with van der Waals surface area (Å²) >= 11 is 0. The van der Waals surface area contributed by atoms with Gasteiger partial charge in [-0.3, -0.25) is 4.74 Å². The van der Waals surface area contributed by atoms with Crippen molar-refractivity contribution in [2.45, 2.75) is 19.2 Å². The zero-order chi connectivity index (χ0) is 8.41. The van der Waals surface area contributed by atoms with Gasteiger partial charge in [0.1, 0.15) is 6.61 Å². The van der Waals surface area contributed by atoms with Crippen LogP contribution in [0.25, 0.3) is 0 Å². The molecular formula is C4H5F5O. The van der Waals surface area contributed by atoms with Crippen molar-refractivity contribution >= 4 is 0 Å². The van der Waals surface area contributed by atoms with Gasteiger partial charge in [0.2, 0.25) is 0 Å². The van der Waals surface area contributed by atoms with E-state index in [2.05, 4.69) is 4.74 Å². The van der Waals surface area contributed by atoms with Crippen LogP contribution < -0.4 is 0 Å². The molecule has 0 heterocycles. The molecule has 0 saturated carbocycles. The summed E-state index contributed by atoms with van der Waals surface area (Å²) in [5.74, 6) is -3.43. The van der Waals surface area contributed by atoms with Crippen molar-refractivity contribution in [1.82, 2.24) is 0 Å². The summed E-state index contributed by atoms with van der Waals surface area (Å²) in [7, 11) is 0. The molecule has 0 radical (unpaired) electrons. The van der Waals surface area contributed by atoms with Crippen LogP contribution in [-0.2, 0) is 4.74 Å². The van der Waals surface area contributed by atoms with E-state index in [1.54, 1.807) is 0 Å². The highest BCUT2D eigenvalue weighted by Crippen LogP contribution is 2.21. The van der Waals surface area contributed by atoms with E-state index in [0.717, 1.165) is 0 Å². The number of halogens is 5. The van der Waals surface area contributed by atoms with Gasteiger partial charge < -0.3 is 0 Å². The fourth-order valence-corrected chi connectivity index (χ4v) is 0.209. The Labute approximate surface area is 53.8 Å². The first-order valence-corrected chi connectivity index (χ1v) is 2.29. The van der Waals surface area contributed by atoms with Crippen LogP contribution in [0, 0.1) is 0 Å². The van der Waals surface area contributed by atoms with Crippen LogP contribution in [-0.4, -0.2) is 18.9 Å². The van der Waals surface area contributed by atoms with Crippen LogP contribution in [0.2, 0.25) is 0 Å². The third kappa shape index (κ3) is 7.61. The molecule has 0 aliphatic rings. The molecule has 62 valence electrons. The second-order valence-electron chi connectivity index (χ2n) is 1.80. The minimum atomic E-state index is -4.97. The molecule has 0 bridgehead atoms. The maximum absolute atomic E-state index is 11.6. The second-order valence-corrected chi connectivity index (χ2v) is 1.80. The third-order valence-corrected chi connectivity index (χ3v) is 0.489. The first-order chi connectivity index (χ1) is 4.21. The van der Waals surface area contributed by atoms with Gasteiger partial charge in [-0.15, -0.1) is 13.2 Å². The van der Waals surface area contributed by atoms with Crippen molar-refractivity contribution < 1.29 is 26.7 Å². The van der Waals surface area contributed by atoms with Gasteiger partial charge in [0.15, 0.2) is 0 Å². The van der Waals surface area contributed by atoms with E-state index < -0.39 is 18.9 Å². The Morgan fingerprint density at radius 3 is 1.60 bits per heavy atom. The van der Waals surface area contributed by atoms with E-state index in [-0.39, 0.29) is 0 Å². The molecular weight excluding hydrogens is 159 g/mol. The molecule has 0 N–H and O–H groups in total. The van der Waals surface area contributed by atoms with Crippen LogP contribution >= 0.6 is 0 Å². The highest BCUT2D eigenvalue weighted by Gasteiger charge is 2.34. The van der Waals surface area contributed by atoms with E-state index in [9.17, 15) is 22.0 Å². The van der Waals surface area contributed by atoms with Crippen molar-refractivity contribution in [3.63, 3.8) is 0 Å². The molecule has 0 aliphatic carbocycles. The molecule has 0 amide bonds. The molecule has 0 aliphatic heterocycles. The normalized spacial score (nSPS) is 13.8. The van der Waals surface area contributed by atoms with Crippen LogP contribution in [0.1, 0.15) is 6.92 Å². The summed E-state index contributed by atoms with van der Waals surface area (Å²) in [6.45, 7) is -1.28. The molecule has 0 aromatic heterocycles. The average molecular weight is 164 g/mol. The molecule has 0 fully saturated rings. The lowest BCUT2D eigenvalue weighted by molar-refractivity contribution is -0.339. The van der Waals surface area contributed by atoms with Crippen LogP contribution in [0.15, 0.2) is 0 Å². The van der Waals surface area contributed by atoms with E-state index >= 15 is 0 Å². The summed E-state index contributed by atoms with van der Waals surface area (Å²) in [5, 5.41) is 0. The van der Waals surface area contributed by atoms with Crippen molar-refractivity contribution in [2.75, 3.05) is 6.61 Å². The Morgan fingerprint density at radius 1 is 1.10 bits per heavy atom. The van der Waals surface area contributed by atoms with Gasteiger partial charge in [-0.05, 0) is 0 Å². The average Bonchev–Trinajstić information content (AvgIpc) is 1.57. The topological polar surface area (TPSA) is 9.23 Å². The van der Waals surface area contributed by atoms with Crippen molar-refractivity contribution in [2.24, 2.45) is 0 Å². The van der Waals surface area contributed by atoms with Gasteiger partial charge >= 0.3 is 6.36 Å². The largest absolute Gasteiger partial charge is 0.522 e. The van der Waals surface area contributed by atoms with Crippen molar-refractivity contribution in [3.8, 4) is 0 Å². The molecule has 0 rings (SSSR count). The molecule has 0 aromatic carbocycles. The lowest BCUT2D eigenvalue weighted by Gasteiger charge is -2.11. The van der Waals surface area contributed by atoms with Gasteiger partial charge in [0.05, 0.1) is 0 Å². The van der Waals surface area contributed by atoms with Crippen molar-refractivity contribution in [3.05, 3.63) is 0 Å². The van der Waals surface area contributed by atoms with Crippen LogP contribution in [0.5, 0.6) is 0 Å². The fraction of sp³-hybridized carbons (Fsp3) is 1.00. The molecule has 6 heteroatoms. The maximum atomic E-state index is 11.6. The number of alkyl halides is 5. The standard InChI is InChI=1S/C4H5F5O/c1-3(5,6)2-10-4(7,8)9/h2H2,1H3. The number of hydrogen-bond donors (Lipinski definition) is 0. The second kappa shape index (κ2) is 2.69. The molecule has 0 aromatic rings. The Morgan fingerprint density at radius 2 is 1.50 bits per heavy atom. The maximum Gasteiger partial charge on any atom is 0.522 e. The van der Waals surface area contributed by atoms with Gasteiger partial charge in [-0.1, -0.05) is 0 Å². The first-order valence-electron chi connectivity index (χ1n) is 2.29. The molecule has 1 nitrogen and oxygen atoms in total. The molecule has 0 spiro atoms. The zero-order valence-electron chi connectivity index (χ0n) is 5.01. The van der Waals surface area contributed by atoms with Crippen molar-refractivity contribution in [1.29, 1.82) is 0 Å². The number of rotatable bonds is 2. The predicted molar refractivity (Wildman–Crippen MR) is 22.6 cm³/mol. The SMILES string of the molecule is CC(F)(F)COC(F)(F)F. The van der Waals surface area contributed by atoms with Gasteiger partial charge in [0, 0.05) is 6.92 Å².